The van der Waals surface area contributed by atoms with E-state index < -0.39 is 0 Å². The predicted molar refractivity (Wildman–Crippen MR) is 64.2 cm³/mol. The van der Waals surface area contributed by atoms with Gasteiger partial charge in [-0.1, -0.05) is 60.6 Å². The second kappa shape index (κ2) is 5.61. The quantitative estimate of drug-likeness (QED) is 0.675. The van der Waals surface area contributed by atoms with Gasteiger partial charge in [0.05, 0.1) is 0 Å². The Labute approximate surface area is 88.9 Å². The highest BCUT2D eigenvalue weighted by Gasteiger charge is 2.07. The zero-order chi connectivity index (χ0) is 9.68. The first kappa shape index (κ1) is 11.0. The molecule has 13 heavy (non-hydrogen) atoms. The molecular formula is C11H16S2. The molecule has 0 spiro atoms. The van der Waals surface area contributed by atoms with E-state index in [1.54, 1.807) is 0 Å². The van der Waals surface area contributed by atoms with Crippen molar-refractivity contribution >= 4 is 21.6 Å². The molecule has 0 amide bonds. The minimum Gasteiger partial charge on any atom is -0.0855 e. The fourth-order valence-corrected chi connectivity index (χ4v) is 3.26. The van der Waals surface area contributed by atoms with Crippen molar-refractivity contribution in [3.8, 4) is 0 Å². The molecule has 1 rings (SSSR count). The van der Waals surface area contributed by atoms with Gasteiger partial charge in [0.15, 0.2) is 0 Å². The van der Waals surface area contributed by atoms with E-state index in [0.717, 1.165) is 5.92 Å². The first-order valence-electron chi connectivity index (χ1n) is 4.58. The molecule has 2 heteroatoms. The van der Waals surface area contributed by atoms with Crippen molar-refractivity contribution in [1.29, 1.82) is 0 Å². The van der Waals surface area contributed by atoms with Gasteiger partial charge in [0.25, 0.3) is 0 Å². The molecule has 0 fully saturated rings. The van der Waals surface area contributed by atoms with Crippen molar-refractivity contribution < 1.29 is 0 Å². The van der Waals surface area contributed by atoms with Crippen LogP contribution < -0.4 is 0 Å². The lowest BCUT2D eigenvalue weighted by molar-refractivity contribution is 0.645. The summed E-state index contributed by atoms with van der Waals surface area (Å²) in [4.78, 5) is 1.35. The Morgan fingerprint density at radius 3 is 2.15 bits per heavy atom. The molecule has 0 N–H and O–H groups in total. The van der Waals surface area contributed by atoms with Gasteiger partial charge in [0.1, 0.15) is 0 Å². The lowest BCUT2D eigenvalue weighted by Gasteiger charge is -2.13. The fraction of sp³-hybridized carbons (Fsp3) is 0.455. The molecule has 0 saturated carbocycles. The first-order chi connectivity index (χ1) is 6.20. The summed E-state index contributed by atoms with van der Waals surface area (Å²) in [6.07, 6.45) is 0. The van der Waals surface area contributed by atoms with Crippen LogP contribution in [0.3, 0.4) is 0 Å². The van der Waals surface area contributed by atoms with Crippen LogP contribution in [0.25, 0.3) is 0 Å². The minimum absolute atomic E-state index is 0.713. The maximum atomic E-state index is 2.28. The third kappa shape index (κ3) is 4.10. The summed E-state index contributed by atoms with van der Waals surface area (Å²) in [5, 5.41) is 0.713. The number of rotatable bonds is 4. The van der Waals surface area contributed by atoms with Gasteiger partial charge in [-0.05, 0) is 18.1 Å². The lowest BCUT2D eigenvalue weighted by Crippen LogP contribution is -2.03. The molecule has 1 atom stereocenters. The summed E-state index contributed by atoms with van der Waals surface area (Å²) in [6, 6.07) is 10.5. The largest absolute Gasteiger partial charge is 0.0855 e. The average molecular weight is 212 g/mol. The molecule has 0 saturated heterocycles. The molecule has 0 heterocycles. The van der Waals surface area contributed by atoms with Crippen LogP contribution in [-0.2, 0) is 0 Å². The molecule has 1 aromatic rings. The van der Waals surface area contributed by atoms with Crippen molar-refractivity contribution in [3.05, 3.63) is 30.3 Å². The van der Waals surface area contributed by atoms with E-state index in [1.165, 1.54) is 4.90 Å². The summed E-state index contributed by atoms with van der Waals surface area (Å²) in [5.41, 5.74) is 0. The minimum atomic E-state index is 0.713. The van der Waals surface area contributed by atoms with Gasteiger partial charge >= 0.3 is 0 Å². The lowest BCUT2D eigenvalue weighted by atomic mass is 10.2. The SMILES string of the molecule is CC(C)C(C)SSc1ccccc1. The van der Waals surface area contributed by atoms with Gasteiger partial charge in [-0.3, -0.25) is 0 Å². The summed E-state index contributed by atoms with van der Waals surface area (Å²) in [5.74, 6) is 0.751. The Morgan fingerprint density at radius 1 is 1.00 bits per heavy atom. The van der Waals surface area contributed by atoms with Crippen LogP contribution >= 0.6 is 21.6 Å². The Kier molecular flexibility index (Phi) is 4.74. The number of benzene rings is 1. The fourth-order valence-electron chi connectivity index (χ4n) is 0.719. The summed E-state index contributed by atoms with van der Waals surface area (Å²) >= 11 is 0. The number of hydrogen-bond acceptors (Lipinski definition) is 2. The third-order valence-corrected chi connectivity index (χ3v) is 5.16. The molecule has 1 unspecified atom stereocenters. The second-order valence-corrected chi connectivity index (χ2v) is 6.09. The molecule has 0 aliphatic heterocycles. The van der Waals surface area contributed by atoms with Crippen LogP contribution in [0, 0.1) is 5.92 Å². The molecule has 0 aromatic heterocycles. The van der Waals surface area contributed by atoms with Gasteiger partial charge in [-0.2, -0.15) is 0 Å². The van der Waals surface area contributed by atoms with Crippen LogP contribution in [-0.4, -0.2) is 5.25 Å². The second-order valence-electron chi connectivity index (χ2n) is 3.44. The van der Waals surface area contributed by atoms with E-state index in [1.807, 2.05) is 21.6 Å². The molecule has 0 aliphatic carbocycles. The van der Waals surface area contributed by atoms with Crippen molar-refractivity contribution in [2.75, 3.05) is 0 Å². The van der Waals surface area contributed by atoms with Gasteiger partial charge in [-0.15, -0.1) is 0 Å². The standard InChI is InChI=1S/C11H16S2/c1-9(2)10(3)12-13-11-7-5-4-6-8-11/h4-10H,1-3H3. The molecule has 72 valence electrons. The topological polar surface area (TPSA) is 0 Å². The predicted octanol–water partition coefficient (Wildman–Crippen LogP) is 4.47. The van der Waals surface area contributed by atoms with Crippen LogP contribution in [0.5, 0.6) is 0 Å². The molecule has 1 aromatic carbocycles. The van der Waals surface area contributed by atoms with E-state index >= 15 is 0 Å². The molecule has 0 aliphatic rings. The van der Waals surface area contributed by atoms with Crippen LogP contribution in [0.4, 0.5) is 0 Å². The highest BCUT2D eigenvalue weighted by molar-refractivity contribution is 8.76. The van der Waals surface area contributed by atoms with E-state index in [9.17, 15) is 0 Å². The molecule has 0 radical (unpaired) electrons. The van der Waals surface area contributed by atoms with Crippen LogP contribution in [0.15, 0.2) is 35.2 Å². The monoisotopic (exact) mass is 212 g/mol. The Balaban J connectivity index is 2.35. The maximum absolute atomic E-state index is 2.28. The van der Waals surface area contributed by atoms with E-state index in [-0.39, 0.29) is 0 Å². The summed E-state index contributed by atoms with van der Waals surface area (Å²) in [7, 11) is 3.83. The van der Waals surface area contributed by atoms with Gasteiger partial charge in [0, 0.05) is 10.1 Å². The van der Waals surface area contributed by atoms with Crippen molar-refractivity contribution in [2.24, 2.45) is 5.92 Å². The highest BCUT2D eigenvalue weighted by Crippen LogP contribution is 2.36. The van der Waals surface area contributed by atoms with E-state index in [4.69, 9.17) is 0 Å². The van der Waals surface area contributed by atoms with E-state index in [0.29, 0.717) is 5.25 Å². The zero-order valence-electron chi connectivity index (χ0n) is 8.36. The highest BCUT2D eigenvalue weighted by atomic mass is 33.1. The van der Waals surface area contributed by atoms with Crippen molar-refractivity contribution in [3.63, 3.8) is 0 Å². The Bertz CT molecular complexity index is 231. The molecule has 0 nitrogen and oxygen atoms in total. The van der Waals surface area contributed by atoms with E-state index in [2.05, 4.69) is 51.1 Å². The van der Waals surface area contributed by atoms with Crippen molar-refractivity contribution in [2.45, 2.75) is 30.9 Å². The first-order valence-corrected chi connectivity index (χ1v) is 6.80. The van der Waals surface area contributed by atoms with Crippen LogP contribution in [0.2, 0.25) is 0 Å². The Hall–Kier alpha value is -0.0800. The van der Waals surface area contributed by atoms with Crippen molar-refractivity contribution in [1.82, 2.24) is 0 Å². The summed E-state index contributed by atoms with van der Waals surface area (Å²) in [6.45, 7) is 6.82. The smallest absolute Gasteiger partial charge is 0.0182 e. The van der Waals surface area contributed by atoms with Gasteiger partial charge < -0.3 is 0 Å². The third-order valence-electron chi connectivity index (χ3n) is 1.98. The molecule has 0 bridgehead atoms. The van der Waals surface area contributed by atoms with Gasteiger partial charge in [0.2, 0.25) is 0 Å². The summed E-state index contributed by atoms with van der Waals surface area (Å²) < 4.78 is 0. The maximum Gasteiger partial charge on any atom is 0.0182 e. The van der Waals surface area contributed by atoms with Gasteiger partial charge in [-0.25, -0.2) is 0 Å². The Morgan fingerprint density at radius 2 is 1.62 bits per heavy atom. The number of hydrogen-bond donors (Lipinski definition) is 0. The average Bonchev–Trinajstić information content (AvgIpc) is 2.15. The molecular weight excluding hydrogens is 196 g/mol. The normalized spacial score (nSPS) is 13.2. The van der Waals surface area contributed by atoms with Crippen LogP contribution in [0.1, 0.15) is 20.8 Å². The zero-order valence-corrected chi connectivity index (χ0v) is 9.99.